The molecule has 1 fully saturated rings. The van der Waals surface area contributed by atoms with Crippen LogP contribution in [0, 0.1) is 0 Å². The van der Waals surface area contributed by atoms with Crippen LogP contribution < -0.4 is 15.4 Å². The second kappa shape index (κ2) is 10.4. The summed E-state index contributed by atoms with van der Waals surface area (Å²) in [5.41, 5.74) is 1.02. The highest BCUT2D eigenvalue weighted by Crippen LogP contribution is 2.22. The number of ether oxygens (including phenoxy) is 3. The molecule has 1 aliphatic rings. The monoisotopic (exact) mass is 355 g/mol. The molecule has 0 bridgehead atoms. The predicted molar refractivity (Wildman–Crippen MR) is 96.0 cm³/mol. The summed E-state index contributed by atoms with van der Waals surface area (Å²) in [6.07, 6.45) is 2.18. The van der Waals surface area contributed by atoms with Gasteiger partial charge in [-0.05, 0) is 25.0 Å². The summed E-state index contributed by atoms with van der Waals surface area (Å²) >= 11 is 5.97. The number of methoxy groups -OCH3 is 1. The molecule has 24 heavy (non-hydrogen) atoms. The van der Waals surface area contributed by atoms with Gasteiger partial charge in [0.25, 0.3) is 0 Å². The fourth-order valence-corrected chi connectivity index (χ4v) is 2.60. The molecule has 6 nitrogen and oxygen atoms in total. The van der Waals surface area contributed by atoms with Gasteiger partial charge in [0.15, 0.2) is 5.96 Å². The van der Waals surface area contributed by atoms with E-state index in [1.807, 2.05) is 12.1 Å². The smallest absolute Gasteiger partial charge is 0.191 e. The molecule has 1 aromatic carbocycles. The molecule has 0 amide bonds. The van der Waals surface area contributed by atoms with Gasteiger partial charge in [0.2, 0.25) is 0 Å². The van der Waals surface area contributed by atoms with Gasteiger partial charge < -0.3 is 24.8 Å². The highest BCUT2D eigenvalue weighted by atomic mass is 35.5. The van der Waals surface area contributed by atoms with Crippen molar-refractivity contribution in [1.29, 1.82) is 0 Å². The Balaban J connectivity index is 1.66. The van der Waals surface area contributed by atoms with Crippen molar-refractivity contribution in [1.82, 2.24) is 10.6 Å². The first kappa shape index (κ1) is 18.8. The zero-order chi connectivity index (χ0) is 17.2. The second-order valence-corrected chi connectivity index (χ2v) is 5.96. The van der Waals surface area contributed by atoms with Crippen molar-refractivity contribution in [2.45, 2.75) is 25.5 Å². The molecule has 0 saturated carbocycles. The number of benzene rings is 1. The first-order valence-electron chi connectivity index (χ1n) is 8.19. The van der Waals surface area contributed by atoms with Crippen molar-refractivity contribution in [3.63, 3.8) is 0 Å². The average molecular weight is 356 g/mol. The molecule has 134 valence electrons. The van der Waals surface area contributed by atoms with E-state index in [1.165, 1.54) is 0 Å². The van der Waals surface area contributed by atoms with Gasteiger partial charge >= 0.3 is 0 Å². The zero-order valence-electron chi connectivity index (χ0n) is 14.3. The minimum atomic E-state index is 0.264. The maximum Gasteiger partial charge on any atom is 0.191 e. The van der Waals surface area contributed by atoms with Crippen LogP contribution in [0.5, 0.6) is 5.75 Å². The summed E-state index contributed by atoms with van der Waals surface area (Å²) in [6, 6.07) is 5.60. The van der Waals surface area contributed by atoms with Crippen LogP contribution in [0.15, 0.2) is 23.2 Å². The molecule has 1 aliphatic heterocycles. The van der Waals surface area contributed by atoms with E-state index in [4.69, 9.17) is 25.8 Å². The standard InChI is InChI=1S/C17H26ClN3O3/c1-19-17(20-7-3-8-24-15-6-9-23-12-15)21-11-13-4-5-14(18)10-16(13)22-2/h4-5,10,15H,3,6-9,11-12H2,1-2H3,(H2,19,20,21). The molecule has 2 rings (SSSR count). The molecule has 1 saturated heterocycles. The number of rotatable bonds is 8. The van der Waals surface area contributed by atoms with E-state index in [9.17, 15) is 0 Å². The van der Waals surface area contributed by atoms with Crippen LogP contribution in [0.2, 0.25) is 5.02 Å². The number of halogens is 1. The molecule has 0 aliphatic carbocycles. The molecular formula is C17H26ClN3O3. The summed E-state index contributed by atoms with van der Waals surface area (Å²) in [5, 5.41) is 7.20. The van der Waals surface area contributed by atoms with Crippen LogP contribution in [0.3, 0.4) is 0 Å². The Hall–Kier alpha value is -1.50. The van der Waals surface area contributed by atoms with E-state index in [0.29, 0.717) is 11.6 Å². The first-order valence-corrected chi connectivity index (χ1v) is 8.57. The quantitative estimate of drug-likeness (QED) is 0.425. The summed E-state index contributed by atoms with van der Waals surface area (Å²) in [5.74, 6) is 1.51. The lowest BCUT2D eigenvalue weighted by atomic mass is 10.2. The molecule has 0 spiro atoms. The van der Waals surface area contributed by atoms with Crippen LogP contribution in [0.1, 0.15) is 18.4 Å². The lowest BCUT2D eigenvalue weighted by Crippen LogP contribution is -2.37. The average Bonchev–Trinajstić information content (AvgIpc) is 3.11. The third-order valence-electron chi connectivity index (χ3n) is 3.77. The summed E-state index contributed by atoms with van der Waals surface area (Å²) in [6.45, 7) is 3.66. The Morgan fingerprint density at radius 2 is 2.29 bits per heavy atom. The van der Waals surface area contributed by atoms with Crippen LogP contribution in [-0.4, -0.2) is 52.6 Å². The summed E-state index contributed by atoms with van der Waals surface area (Å²) in [4.78, 5) is 4.22. The predicted octanol–water partition coefficient (Wildman–Crippen LogP) is 2.21. The minimum Gasteiger partial charge on any atom is -0.496 e. The molecule has 1 heterocycles. The van der Waals surface area contributed by atoms with Gasteiger partial charge in [-0.1, -0.05) is 17.7 Å². The zero-order valence-corrected chi connectivity index (χ0v) is 15.1. The highest BCUT2D eigenvalue weighted by Gasteiger charge is 2.15. The Morgan fingerprint density at radius 3 is 3.00 bits per heavy atom. The van der Waals surface area contributed by atoms with E-state index in [-0.39, 0.29) is 6.10 Å². The van der Waals surface area contributed by atoms with Gasteiger partial charge in [0.05, 0.1) is 19.8 Å². The third kappa shape index (κ3) is 6.19. The Kier molecular flexibility index (Phi) is 8.15. The van der Waals surface area contributed by atoms with Crippen LogP contribution in [-0.2, 0) is 16.0 Å². The van der Waals surface area contributed by atoms with Crippen molar-refractivity contribution in [3.05, 3.63) is 28.8 Å². The summed E-state index contributed by atoms with van der Waals surface area (Å²) in [7, 11) is 3.39. The van der Waals surface area contributed by atoms with Crippen molar-refractivity contribution < 1.29 is 14.2 Å². The fourth-order valence-electron chi connectivity index (χ4n) is 2.44. The van der Waals surface area contributed by atoms with Crippen molar-refractivity contribution in [3.8, 4) is 5.75 Å². The Morgan fingerprint density at radius 1 is 1.42 bits per heavy atom. The van der Waals surface area contributed by atoms with E-state index >= 15 is 0 Å². The molecule has 1 aromatic rings. The van der Waals surface area contributed by atoms with Gasteiger partial charge in [0, 0.05) is 43.9 Å². The topological polar surface area (TPSA) is 64.1 Å². The van der Waals surface area contributed by atoms with E-state index in [1.54, 1.807) is 20.2 Å². The van der Waals surface area contributed by atoms with Crippen molar-refractivity contribution in [2.75, 3.05) is 40.5 Å². The number of hydrogen-bond donors (Lipinski definition) is 2. The first-order chi connectivity index (χ1) is 11.7. The SMILES string of the molecule is CN=C(NCCCOC1CCOC1)NCc1ccc(Cl)cc1OC. The fraction of sp³-hybridized carbons (Fsp3) is 0.588. The van der Waals surface area contributed by atoms with Gasteiger partial charge in [0.1, 0.15) is 5.75 Å². The van der Waals surface area contributed by atoms with Gasteiger partial charge in [-0.25, -0.2) is 0 Å². The maximum absolute atomic E-state index is 5.97. The van der Waals surface area contributed by atoms with Gasteiger partial charge in [-0.2, -0.15) is 0 Å². The molecule has 0 radical (unpaired) electrons. The van der Waals surface area contributed by atoms with E-state index in [2.05, 4.69) is 15.6 Å². The summed E-state index contributed by atoms with van der Waals surface area (Å²) < 4.78 is 16.4. The molecule has 2 N–H and O–H groups in total. The Bertz CT molecular complexity index is 534. The minimum absolute atomic E-state index is 0.264. The number of guanidine groups is 1. The lowest BCUT2D eigenvalue weighted by Gasteiger charge is -2.14. The van der Waals surface area contributed by atoms with Crippen molar-refractivity contribution in [2.24, 2.45) is 4.99 Å². The molecule has 0 aromatic heterocycles. The Labute approximate surface area is 148 Å². The van der Waals surface area contributed by atoms with Crippen LogP contribution in [0.25, 0.3) is 0 Å². The molecule has 1 unspecified atom stereocenters. The lowest BCUT2D eigenvalue weighted by molar-refractivity contribution is 0.0420. The maximum atomic E-state index is 5.97. The van der Waals surface area contributed by atoms with Crippen LogP contribution >= 0.6 is 11.6 Å². The normalized spacial score (nSPS) is 17.8. The third-order valence-corrected chi connectivity index (χ3v) is 4.01. The van der Waals surface area contributed by atoms with Gasteiger partial charge in [-0.3, -0.25) is 4.99 Å². The van der Waals surface area contributed by atoms with E-state index in [0.717, 1.165) is 56.5 Å². The number of nitrogens with one attached hydrogen (secondary N) is 2. The van der Waals surface area contributed by atoms with Gasteiger partial charge in [-0.15, -0.1) is 0 Å². The highest BCUT2D eigenvalue weighted by molar-refractivity contribution is 6.30. The number of hydrogen-bond acceptors (Lipinski definition) is 4. The van der Waals surface area contributed by atoms with Crippen molar-refractivity contribution >= 4 is 17.6 Å². The largest absolute Gasteiger partial charge is 0.496 e. The number of nitrogens with zero attached hydrogens (tertiary/aromatic N) is 1. The van der Waals surface area contributed by atoms with E-state index < -0.39 is 0 Å². The molecular weight excluding hydrogens is 330 g/mol. The second-order valence-electron chi connectivity index (χ2n) is 5.52. The van der Waals surface area contributed by atoms with Crippen LogP contribution in [0.4, 0.5) is 0 Å². The molecule has 1 atom stereocenters. The molecule has 7 heteroatoms. The number of aliphatic imine (C=N–C) groups is 1.